The minimum atomic E-state index is 0.189. The fraction of sp³-hybridized carbons (Fsp3) is 0.917. The van der Waals surface area contributed by atoms with E-state index >= 15 is 0 Å². The van der Waals surface area contributed by atoms with E-state index < -0.39 is 0 Å². The molecule has 3 unspecified atom stereocenters. The number of hydrogen-bond donors (Lipinski definition) is 0. The van der Waals surface area contributed by atoms with Crippen LogP contribution in [0.1, 0.15) is 46.5 Å². The van der Waals surface area contributed by atoms with Gasteiger partial charge in [-0.25, -0.2) is 0 Å². The van der Waals surface area contributed by atoms with Gasteiger partial charge in [0.2, 0.25) is 0 Å². The predicted octanol–water partition coefficient (Wildman–Crippen LogP) is 2.81. The molecule has 0 aromatic heterocycles. The SMILES string of the molecule is CCC(C)CC(=O)C1CCOC1CC. The summed E-state index contributed by atoms with van der Waals surface area (Å²) in [5.74, 6) is 1.14. The molecule has 82 valence electrons. The molecule has 0 aliphatic carbocycles. The molecule has 0 radical (unpaired) electrons. The van der Waals surface area contributed by atoms with Crippen LogP contribution < -0.4 is 0 Å². The highest BCUT2D eigenvalue weighted by Gasteiger charge is 2.32. The first-order chi connectivity index (χ1) is 6.69. The first-order valence-corrected chi connectivity index (χ1v) is 5.83. The van der Waals surface area contributed by atoms with Gasteiger partial charge in [-0.15, -0.1) is 0 Å². The number of rotatable bonds is 5. The van der Waals surface area contributed by atoms with Crippen LogP contribution in [-0.4, -0.2) is 18.5 Å². The van der Waals surface area contributed by atoms with Gasteiger partial charge in [-0.05, 0) is 18.8 Å². The van der Waals surface area contributed by atoms with Gasteiger partial charge in [-0.2, -0.15) is 0 Å². The Balaban J connectivity index is 2.43. The summed E-state index contributed by atoms with van der Waals surface area (Å²) in [6.45, 7) is 7.16. The molecule has 0 aromatic rings. The smallest absolute Gasteiger partial charge is 0.138 e. The van der Waals surface area contributed by atoms with Crippen molar-refractivity contribution in [3.05, 3.63) is 0 Å². The Morgan fingerprint density at radius 2 is 2.21 bits per heavy atom. The lowest BCUT2D eigenvalue weighted by Crippen LogP contribution is -2.24. The Hall–Kier alpha value is -0.370. The molecule has 1 fully saturated rings. The van der Waals surface area contributed by atoms with Crippen LogP contribution in [0, 0.1) is 11.8 Å². The molecular formula is C12H22O2. The molecule has 1 saturated heterocycles. The molecular weight excluding hydrogens is 176 g/mol. The predicted molar refractivity (Wildman–Crippen MR) is 57.2 cm³/mol. The minimum absolute atomic E-state index is 0.189. The van der Waals surface area contributed by atoms with E-state index in [1.54, 1.807) is 0 Å². The average molecular weight is 198 g/mol. The lowest BCUT2D eigenvalue weighted by atomic mass is 9.89. The maximum absolute atomic E-state index is 11.9. The minimum Gasteiger partial charge on any atom is -0.377 e. The second-order valence-electron chi connectivity index (χ2n) is 4.40. The summed E-state index contributed by atoms with van der Waals surface area (Å²) < 4.78 is 5.53. The van der Waals surface area contributed by atoms with Gasteiger partial charge in [-0.1, -0.05) is 27.2 Å². The molecule has 3 atom stereocenters. The van der Waals surface area contributed by atoms with E-state index in [-0.39, 0.29) is 12.0 Å². The van der Waals surface area contributed by atoms with Gasteiger partial charge < -0.3 is 4.74 Å². The van der Waals surface area contributed by atoms with Crippen molar-refractivity contribution in [2.45, 2.75) is 52.6 Å². The molecule has 0 aromatic carbocycles. The molecule has 1 aliphatic heterocycles. The van der Waals surface area contributed by atoms with Crippen molar-refractivity contribution in [1.82, 2.24) is 0 Å². The van der Waals surface area contributed by atoms with Crippen molar-refractivity contribution in [2.24, 2.45) is 11.8 Å². The van der Waals surface area contributed by atoms with E-state index in [9.17, 15) is 4.79 Å². The maximum atomic E-state index is 11.9. The maximum Gasteiger partial charge on any atom is 0.138 e. The molecule has 1 rings (SSSR count). The summed E-state index contributed by atoms with van der Waals surface area (Å²) in [6.07, 6.45) is 3.94. The Kier molecular flexibility index (Phi) is 4.59. The van der Waals surface area contributed by atoms with E-state index in [0.717, 1.165) is 32.3 Å². The number of ketones is 1. The summed E-state index contributed by atoms with van der Waals surface area (Å²) in [5.41, 5.74) is 0. The van der Waals surface area contributed by atoms with Crippen molar-refractivity contribution in [3.63, 3.8) is 0 Å². The fourth-order valence-corrected chi connectivity index (χ4v) is 2.06. The number of Topliss-reactive ketones (excluding diaryl/α,β-unsaturated/α-hetero) is 1. The van der Waals surface area contributed by atoms with Gasteiger partial charge in [0.25, 0.3) is 0 Å². The molecule has 2 heteroatoms. The first-order valence-electron chi connectivity index (χ1n) is 5.83. The summed E-state index contributed by atoms with van der Waals surface area (Å²) in [5, 5.41) is 0. The Morgan fingerprint density at radius 3 is 2.79 bits per heavy atom. The van der Waals surface area contributed by atoms with Crippen LogP contribution in [0.5, 0.6) is 0 Å². The van der Waals surface area contributed by atoms with Crippen LogP contribution in [0.25, 0.3) is 0 Å². The monoisotopic (exact) mass is 198 g/mol. The lowest BCUT2D eigenvalue weighted by molar-refractivity contribution is -0.125. The zero-order valence-corrected chi connectivity index (χ0v) is 9.58. The highest BCUT2D eigenvalue weighted by atomic mass is 16.5. The van der Waals surface area contributed by atoms with Crippen molar-refractivity contribution in [2.75, 3.05) is 6.61 Å². The zero-order valence-electron chi connectivity index (χ0n) is 9.58. The summed E-state index contributed by atoms with van der Waals surface area (Å²) >= 11 is 0. The highest BCUT2D eigenvalue weighted by molar-refractivity contribution is 5.82. The summed E-state index contributed by atoms with van der Waals surface area (Å²) in [7, 11) is 0. The largest absolute Gasteiger partial charge is 0.377 e. The number of hydrogen-bond acceptors (Lipinski definition) is 2. The van der Waals surface area contributed by atoms with Gasteiger partial charge in [0.15, 0.2) is 0 Å². The number of ether oxygens (including phenoxy) is 1. The normalized spacial score (nSPS) is 29.1. The second-order valence-corrected chi connectivity index (χ2v) is 4.40. The van der Waals surface area contributed by atoms with Crippen LogP contribution in [0.3, 0.4) is 0 Å². The Bertz CT molecular complexity index is 189. The number of carbonyl (C=O) groups is 1. The quantitative estimate of drug-likeness (QED) is 0.679. The molecule has 0 saturated carbocycles. The van der Waals surface area contributed by atoms with E-state index in [4.69, 9.17) is 4.74 Å². The van der Waals surface area contributed by atoms with Crippen LogP contribution in [0.15, 0.2) is 0 Å². The lowest BCUT2D eigenvalue weighted by Gasteiger charge is -2.17. The van der Waals surface area contributed by atoms with Crippen LogP contribution in [-0.2, 0) is 9.53 Å². The van der Waals surface area contributed by atoms with Crippen LogP contribution in [0.4, 0.5) is 0 Å². The molecule has 0 spiro atoms. The number of carbonyl (C=O) groups excluding carboxylic acids is 1. The first kappa shape index (κ1) is 11.7. The summed E-state index contributed by atoms with van der Waals surface area (Å²) in [4.78, 5) is 11.9. The van der Waals surface area contributed by atoms with E-state index in [1.807, 2.05) is 0 Å². The zero-order chi connectivity index (χ0) is 10.6. The standard InChI is InChI=1S/C12H22O2/c1-4-9(3)8-11(13)10-6-7-14-12(10)5-2/h9-10,12H,4-8H2,1-3H3. The molecule has 0 amide bonds. The molecule has 0 N–H and O–H groups in total. The van der Waals surface area contributed by atoms with E-state index in [2.05, 4.69) is 20.8 Å². The van der Waals surface area contributed by atoms with E-state index in [1.165, 1.54) is 0 Å². The van der Waals surface area contributed by atoms with Crippen molar-refractivity contribution >= 4 is 5.78 Å². The van der Waals surface area contributed by atoms with Gasteiger partial charge in [0.05, 0.1) is 6.10 Å². The highest BCUT2D eigenvalue weighted by Crippen LogP contribution is 2.26. The molecule has 1 aliphatic rings. The van der Waals surface area contributed by atoms with Crippen LogP contribution >= 0.6 is 0 Å². The van der Waals surface area contributed by atoms with Crippen molar-refractivity contribution in [1.29, 1.82) is 0 Å². The Morgan fingerprint density at radius 1 is 1.50 bits per heavy atom. The van der Waals surface area contributed by atoms with Gasteiger partial charge in [0, 0.05) is 18.9 Å². The summed E-state index contributed by atoms with van der Waals surface area (Å²) in [6, 6.07) is 0. The average Bonchev–Trinajstić information content (AvgIpc) is 2.65. The van der Waals surface area contributed by atoms with Crippen LogP contribution in [0.2, 0.25) is 0 Å². The molecule has 1 heterocycles. The van der Waals surface area contributed by atoms with Gasteiger partial charge in [-0.3, -0.25) is 4.79 Å². The molecule has 0 bridgehead atoms. The third kappa shape index (κ3) is 2.81. The third-order valence-electron chi connectivity index (χ3n) is 3.27. The molecule has 14 heavy (non-hydrogen) atoms. The van der Waals surface area contributed by atoms with E-state index in [0.29, 0.717) is 11.7 Å². The fourth-order valence-electron chi connectivity index (χ4n) is 2.06. The topological polar surface area (TPSA) is 26.3 Å². The van der Waals surface area contributed by atoms with Gasteiger partial charge in [0.1, 0.15) is 5.78 Å². The Labute approximate surface area is 87.0 Å². The molecule has 2 nitrogen and oxygen atoms in total. The van der Waals surface area contributed by atoms with Gasteiger partial charge >= 0.3 is 0 Å². The van der Waals surface area contributed by atoms with Crippen molar-refractivity contribution < 1.29 is 9.53 Å². The second kappa shape index (κ2) is 5.50. The van der Waals surface area contributed by atoms with Crippen molar-refractivity contribution in [3.8, 4) is 0 Å². The third-order valence-corrected chi connectivity index (χ3v) is 3.27.